The van der Waals surface area contributed by atoms with Gasteiger partial charge < -0.3 is 19.4 Å². The van der Waals surface area contributed by atoms with Gasteiger partial charge in [-0.25, -0.2) is 0 Å². The number of ether oxygens (including phenoxy) is 1. The van der Waals surface area contributed by atoms with E-state index in [1.54, 1.807) is 0 Å². The molecule has 1 aromatic heterocycles. The van der Waals surface area contributed by atoms with Gasteiger partial charge in [-0.1, -0.05) is 128 Å². The molecule has 2 heterocycles. The first kappa shape index (κ1) is 32.0. The summed E-state index contributed by atoms with van der Waals surface area (Å²) in [7, 11) is 0. The van der Waals surface area contributed by atoms with Crippen molar-refractivity contribution < 1.29 is 9.15 Å². The standard InChI is InChI=1S/C51H40N2O2/c1-3-11-33(12-4-1)34-19-22-36(23-20-34)51-52-45-30-26-35-21-24-37-31-40(27-29-42(37)49(35)50(45)55-51)53(39-13-5-2-6-14-39)46-17-9-7-15-41(46)38-25-28-44-43-16-8-10-18-47(43)54-48(44)32-38/h2,5-10,13-33,51-52H,1,3-4,11-12H2. The summed E-state index contributed by atoms with van der Waals surface area (Å²) < 4.78 is 13.1. The Hall–Kier alpha value is -6.52. The van der Waals surface area contributed by atoms with Crippen molar-refractivity contribution >= 4 is 66.2 Å². The molecule has 1 saturated carbocycles. The molecular weight excluding hydrogens is 673 g/mol. The maximum Gasteiger partial charge on any atom is 0.196 e. The van der Waals surface area contributed by atoms with Crippen LogP contribution in [-0.4, -0.2) is 0 Å². The molecule has 0 saturated heterocycles. The Kier molecular flexibility index (Phi) is 7.61. The molecule has 0 amide bonds. The highest BCUT2D eigenvalue weighted by atomic mass is 16.5. The van der Waals surface area contributed by atoms with Gasteiger partial charge >= 0.3 is 0 Å². The van der Waals surface area contributed by atoms with E-state index in [1.165, 1.54) is 48.4 Å². The molecule has 1 aliphatic heterocycles. The molecule has 11 rings (SSSR count). The third-order valence-corrected chi connectivity index (χ3v) is 11.9. The minimum absolute atomic E-state index is 0.223. The van der Waals surface area contributed by atoms with Crippen molar-refractivity contribution in [2.75, 3.05) is 10.2 Å². The summed E-state index contributed by atoms with van der Waals surface area (Å²) in [6, 6.07) is 58.9. The van der Waals surface area contributed by atoms with Crippen LogP contribution < -0.4 is 15.0 Å². The number of para-hydroxylation sites is 3. The summed E-state index contributed by atoms with van der Waals surface area (Å²) in [6.45, 7) is 0. The van der Waals surface area contributed by atoms with Crippen LogP contribution in [0, 0.1) is 0 Å². The zero-order valence-electron chi connectivity index (χ0n) is 30.5. The number of anilines is 4. The van der Waals surface area contributed by atoms with Crippen LogP contribution in [0.2, 0.25) is 0 Å². The van der Waals surface area contributed by atoms with Gasteiger partial charge in [0.15, 0.2) is 12.0 Å². The molecule has 1 aliphatic carbocycles. The lowest BCUT2D eigenvalue weighted by Crippen LogP contribution is -2.11. The van der Waals surface area contributed by atoms with Crippen molar-refractivity contribution in [1.29, 1.82) is 0 Å². The average molecular weight is 713 g/mol. The van der Waals surface area contributed by atoms with Gasteiger partial charge in [0.25, 0.3) is 0 Å². The molecule has 266 valence electrons. The molecule has 1 unspecified atom stereocenters. The number of fused-ring (bicyclic) bond motifs is 8. The highest BCUT2D eigenvalue weighted by molar-refractivity contribution is 6.14. The Morgan fingerprint density at radius 3 is 2.15 bits per heavy atom. The van der Waals surface area contributed by atoms with E-state index in [2.05, 4.69) is 162 Å². The molecule has 55 heavy (non-hydrogen) atoms. The van der Waals surface area contributed by atoms with Crippen LogP contribution in [0.5, 0.6) is 5.75 Å². The molecule has 2 aliphatic rings. The van der Waals surface area contributed by atoms with Gasteiger partial charge in [-0.15, -0.1) is 0 Å². The third-order valence-electron chi connectivity index (χ3n) is 11.9. The smallest absolute Gasteiger partial charge is 0.196 e. The number of furan rings is 1. The number of benzene rings is 8. The molecule has 1 N–H and O–H groups in total. The fraction of sp³-hybridized carbons (Fsp3) is 0.137. The number of hydrogen-bond acceptors (Lipinski definition) is 4. The van der Waals surface area contributed by atoms with E-state index < -0.39 is 0 Å². The molecule has 9 aromatic rings. The second-order valence-corrected chi connectivity index (χ2v) is 15.2. The van der Waals surface area contributed by atoms with Crippen LogP contribution in [-0.2, 0) is 0 Å². The normalized spacial score (nSPS) is 15.7. The SMILES string of the molecule is c1ccc(N(c2ccc3c(ccc4ccc5c(c43)OC(c3ccc(C4CCCCC4)cc3)N5)c2)c2ccccc2-c2ccc3c(c2)oc2ccccc23)cc1. The first-order valence-electron chi connectivity index (χ1n) is 19.6. The Morgan fingerprint density at radius 2 is 1.25 bits per heavy atom. The lowest BCUT2D eigenvalue weighted by molar-refractivity contribution is 0.262. The largest absolute Gasteiger partial charge is 0.464 e. The van der Waals surface area contributed by atoms with Gasteiger partial charge in [-0.05, 0) is 101 Å². The van der Waals surface area contributed by atoms with Crippen LogP contribution >= 0.6 is 0 Å². The van der Waals surface area contributed by atoms with Gasteiger partial charge in [0.1, 0.15) is 11.2 Å². The van der Waals surface area contributed by atoms with E-state index in [0.29, 0.717) is 5.92 Å². The Morgan fingerprint density at radius 1 is 0.527 bits per heavy atom. The van der Waals surface area contributed by atoms with Gasteiger partial charge in [-0.2, -0.15) is 0 Å². The van der Waals surface area contributed by atoms with Crippen molar-refractivity contribution in [3.05, 3.63) is 175 Å². The van der Waals surface area contributed by atoms with E-state index >= 15 is 0 Å². The zero-order valence-corrected chi connectivity index (χ0v) is 30.5. The third kappa shape index (κ3) is 5.51. The molecule has 4 nitrogen and oxygen atoms in total. The predicted octanol–water partition coefficient (Wildman–Crippen LogP) is 14.6. The van der Waals surface area contributed by atoms with Crippen LogP contribution in [0.25, 0.3) is 54.6 Å². The fourth-order valence-corrected chi connectivity index (χ4v) is 9.11. The maximum absolute atomic E-state index is 6.80. The quantitative estimate of drug-likeness (QED) is 0.174. The Balaban J connectivity index is 0.983. The van der Waals surface area contributed by atoms with Crippen LogP contribution in [0.4, 0.5) is 22.7 Å². The van der Waals surface area contributed by atoms with Gasteiger partial charge in [0.05, 0.1) is 11.4 Å². The first-order valence-corrected chi connectivity index (χ1v) is 19.6. The zero-order chi connectivity index (χ0) is 36.3. The molecular formula is C51H40N2O2. The van der Waals surface area contributed by atoms with Crippen molar-refractivity contribution in [2.24, 2.45) is 0 Å². The predicted molar refractivity (Wildman–Crippen MR) is 228 cm³/mol. The lowest BCUT2D eigenvalue weighted by Gasteiger charge is -2.28. The highest BCUT2D eigenvalue weighted by Crippen LogP contribution is 2.48. The van der Waals surface area contributed by atoms with Crippen LogP contribution in [0.3, 0.4) is 0 Å². The van der Waals surface area contributed by atoms with Gasteiger partial charge in [-0.3, -0.25) is 0 Å². The Bertz CT molecular complexity index is 2870. The second kappa shape index (κ2) is 13.1. The summed E-state index contributed by atoms with van der Waals surface area (Å²) in [4.78, 5) is 2.36. The van der Waals surface area contributed by atoms with Crippen LogP contribution in [0.1, 0.15) is 55.4 Å². The minimum Gasteiger partial charge on any atom is -0.464 e. The summed E-state index contributed by atoms with van der Waals surface area (Å²) in [5.41, 5.74) is 10.9. The molecule has 1 atom stereocenters. The van der Waals surface area contributed by atoms with Crippen molar-refractivity contribution in [2.45, 2.75) is 44.2 Å². The molecule has 0 radical (unpaired) electrons. The summed E-state index contributed by atoms with van der Waals surface area (Å²) >= 11 is 0. The summed E-state index contributed by atoms with van der Waals surface area (Å²) in [6.07, 6.45) is 6.45. The molecule has 0 spiro atoms. The van der Waals surface area contributed by atoms with E-state index in [9.17, 15) is 0 Å². The average Bonchev–Trinajstić information content (AvgIpc) is 3.86. The van der Waals surface area contributed by atoms with Crippen molar-refractivity contribution in [3.8, 4) is 16.9 Å². The van der Waals surface area contributed by atoms with E-state index in [4.69, 9.17) is 9.15 Å². The first-order chi connectivity index (χ1) is 27.2. The van der Waals surface area contributed by atoms with Crippen molar-refractivity contribution in [1.82, 2.24) is 0 Å². The maximum atomic E-state index is 6.80. The van der Waals surface area contributed by atoms with Gasteiger partial charge in [0, 0.05) is 38.7 Å². The molecule has 4 heteroatoms. The summed E-state index contributed by atoms with van der Waals surface area (Å²) in [5, 5.41) is 10.6. The number of nitrogens with one attached hydrogen (secondary N) is 1. The molecule has 0 bridgehead atoms. The summed E-state index contributed by atoms with van der Waals surface area (Å²) in [5.74, 6) is 1.61. The molecule has 8 aromatic carbocycles. The van der Waals surface area contributed by atoms with E-state index in [1.807, 2.05) is 12.1 Å². The topological polar surface area (TPSA) is 37.6 Å². The molecule has 1 fully saturated rings. The second-order valence-electron chi connectivity index (χ2n) is 15.2. The minimum atomic E-state index is -0.223. The van der Waals surface area contributed by atoms with E-state index in [0.717, 1.165) is 77.9 Å². The monoisotopic (exact) mass is 712 g/mol. The van der Waals surface area contributed by atoms with Gasteiger partial charge in [0.2, 0.25) is 0 Å². The Labute approximate surface area is 320 Å². The number of hydrogen-bond donors (Lipinski definition) is 1. The lowest BCUT2D eigenvalue weighted by atomic mass is 9.84. The van der Waals surface area contributed by atoms with Crippen molar-refractivity contribution in [3.63, 3.8) is 0 Å². The fourth-order valence-electron chi connectivity index (χ4n) is 9.11. The van der Waals surface area contributed by atoms with E-state index in [-0.39, 0.29) is 6.23 Å². The highest BCUT2D eigenvalue weighted by Gasteiger charge is 2.27. The number of nitrogens with zero attached hydrogens (tertiary/aromatic N) is 1. The number of rotatable bonds is 6. The van der Waals surface area contributed by atoms with Crippen LogP contribution in [0.15, 0.2) is 168 Å².